The first-order valence-electron chi connectivity index (χ1n) is 16.5. The number of hydrogen-bond acceptors (Lipinski definition) is 10. The van der Waals surface area contributed by atoms with E-state index < -0.39 is 92.3 Å². The van der Waals surface area contributed by atoms with E-state index in [2.05, 4.69) is 26.6 Å². The number of phenols is 1. The van der Waals surface area contributed by atoms with Crippen LogP contribution in [0.4, 0.5) is 4.79 Å². The predicted octanol–water partition coefficient (Wildman–Crippen LogP) is -0.649. The number of carboxylic acid groups (broad SMARTS) is 2. The van der Waals surface area contributed by atoms with Crippen LogP contribution in [0.5, 0.6) is 5.75 Å². The van der Waals surface area contributed by atoms with Crippen molar-refractivity contribution in [3.05, 3.63) is 89.5 Å². The molecule has 2 unspecified atom stereocenters. The van der Waals surface area contributed by atoms with Crippen molar-refractivity contribution in [2.75, 3.05) is 32.8 Å². The summed E-state index contributed by atoms with van der Waals surface area (Å²) in [4.78, 5) is 96.8. The molecule has 2 atom stereocenters. The number of benzene rings is 3. The summed E-state index contributed by atoms with van der Waals surface area (Å²) in [7, 11) is 0. The van der Waals surface area contributed by atoms with E-state index in [-0.39, 0.29) is 24.7 Å². The molecule has 0 saturated heterocycles. The smallest absolute Gasteiger partial charge is 0.407 e. The van der Waals surface area contributed by atoms with Crippen LogP contribution < -0.4 is 31.9 Å². The topological polar surface area (TPSA) is 279 Å². The Morgan fingerprint density at radius 2 is 1.11 bits per heavy atom. The lowest BCUT2D eigenvalue weighted by Gasteiger charge is -2.20. The van der Waals surface area contributed by atoms with Crippen LogP contribution in [-0.4, -0.2) is 108 Å². The lowest BCUT2D eigenvalue weighted by molar-refractivity contribution is -0.141. The molecule has 18 nitrogen and oxygen atoms in total. The molecule has 0 heterocycles. The minimum Gasteiger partial charge on any atom is -0.508 e. The summed E-state index contributed by atoms with van der Waals surface area (Å²) in [5.74, 6) is -7.52. The molecule has 54 heavy (non-hydrogen) atoms. The highest BCUT2D eigenvalue weighted by molar-refractivity contribution is 5.94. The molecule has 6 amide bonds. The third-order valence-electron chi connectivity index (χ3n) is 8.09. The van der Waals surface area contributed by atoms with Gasteiger partial charge in [-0.3, -0.25) is 33.6 Å². The van der Waals surface area contributed by atoms with Gasteiger partial charge < -0.3 is 52.0 Å². The zero-order valence-electron chi connectivity index (χ0n) is 28.6. The number of phenolic OH excluding ortho intramolecular Hbond substituents is 1. The molecule has 0 fully saturated rings. The SMILES string of the molecule is O=C(O)CNC(=O)C(CC(=O)O)NC(=O)CNC(=O)CNC(=O)CNC(=O)C(Cc1ccc(O)cc1)NC(=O)OCC1c2ccccc2-c2ccccc21. The van der Waals surface area contributed by atoms with Gasteiger partial charge in [0.2, 0.25) is 29.5 Å². The lowest BCUT2D eigenvalue weighted by atomic mass is 9.98. The number of fused-ring (bicyclic) bond motifs is 3. The van der Waals surface area contributed by atoms with Crippen molar-refractivity contribution in [1.82, 2.24) is 31.9 Å². The van der Waals surface area contributed by atoms with Gasteiger partial charge >= 0.3 is 18.0 Å². The van der Waals surface area contributed by atoms with E-state index in [0.29, 0.717) is 5.56 Å². The molecule has 0 saturated carbocycles. The maximum absolute atomic E-state index is 13.2. The van der Waals surface area contributed by atoms with Crippen LogP contribution in [-0.2, 0) is 44.7 Å². The van der Waals surface area contributed by atoms with E-state index >= 15 is 0 Å². The zero-order chi connectivity index (χ0) is 39.2. The average molecular weight is 747 g/mol. The van der Waals surface area contributed by atoms with Gasteiger partial charge in [-0.1, -0.05) is 60.7 Å². The van der Waals surface area contributed by atoms with E-state index in [1.165, 1.54) is 12.1 Å². The van der Waals surface area contributed by atoms with Gasteiger partial charge in [0.15, 0.2) is 0 Å². The third-order valence-corrected chi connectivity index (χ3v) is 8.09. The fourth-order valence-corrected chi connectivity index (χ4v) is 5.55. The van der Waals surface area contributed by atoms with E-state index in [1.807, 2.05) is 53.8 Å². The van der Waals surface area contributed by atoms with Crippen molar-refractivity contribution in [2.24, 2.45) is 0 Å². The Balaban J connectivity index is 1.26. The van der Waals surface area contributed by atoms with E-state index in [1.54, 1.807) is 12.1 Å². The van der Waals surface area contributed by atoms with Gasteiger partial charge in [0.1, 0.15) is 31.0 Å². The number of nitrogens with one attached hydrogen (secondary N) is 6. The second-order valence-electron chi connectivity index (χ2n) is 12.0. The van der Waals surface area contributed by atoms with Gasteiger partial charge in [-0.2, -0.15) is 0 Å². The van der Waals surface area contributed by atoms with Gasteiger partial charge in [-0.15, -0.1) is 0 Å². The molecular weight excluding hydrogens is 708 g/mol. The van der Waals surface area contributed by atoms with Crippen molar-refractivity contribution >= 4 is 47.6 Å². The van der Waals surface area contributed by atoms with Crippen LogP contribution in [0.1, 0.15) is 29.0 Å². The molecule has 9 N–H and O–H groups in total. The summed E-state index contributed by atoms with van der Waals surface area (Å²) in [5.41, 5.74) is 4.65. The number of carbonyl (C=O) groups is 8. The minimum absolute atomic E-state index is 0.00616. The average Bonchev–Trinajstić information content (AvgIpc) is 3.47. The van der Waals surface area contributed by atoms with E-state index in [9.17, 15) is 43.5 Å². The first-order chi connectivity index (χ1) is 25.8. The summed E-state index contributed by atoms with van der Waals surface area (Å²) in [5, 5.41) is 40.7. The molecule has 3 aromatic rings. The summed E-state index contributed by atoms with van der Waals surface area (Å²) >= 11 is 0. The number of alkyl carbamates (subject to hydrolysis) is 1. The van der Waals surface area contributed by atoms with Gasteiger partial charge in [-0.25, -0.2) is 4.79 Å². The second-order valence-corrected chi connectivity index (χ2v) is 12.0. The standard InChI is InChI=1S/C36H38N6O12/c43-21-11-9-20(10-12-21)13-27(42-36(53)54-19-26-24-7-3-1-5-22(24)23-6-2-4-8-25(23)26)34(51)39-16-30(45)37-15-29(44)38-17-31(46)41-28(14-32(47)48)35(52)40-18-33(49)50/h1-12,26-28,43H,13-19H2,(H,37,45)(H,38,44)(H,39,51)(H,40,52)(H,41,46)(H,42,53)(H,47,48)(H,49,50). The maximum Gasteiger partial charge on any atom is 0.407 e. The number of carboxylic acids is 2. The molecule has 3 aromatic carbocycles. The van der Waals surface area contributed by atoms with E-state index in [4.69, 9.17) is 14.9 Å². The van der Waals surface area contributed by atoms with Crippen molar-refractivity contribution in [2.45, 2.75) is 30.8 Å². The van der Waals surface area contributed by atoms with E-state index in [0.717, 1.165) is 22.3 Å². The number of rotatable bonds is 18. The number of amides is 6. The van der Waals surface area contributed by atoms with Gasteiger partial charge in [0.05, 0.1) is 26.1 Å². The largest absolute Gasteiger partial charge is 0.508 e. The Labute approximate surface area is 307 Å². The summed E-state index contributed by atoms with van der Waals surface area (Å²) in [6.45, 7) is -2.77. The number of aliphatic carboxylic acids is 2. The fourth-order valence-electron chi connectivity index (χ4n) is 5.55. The van der Waals surface area contributed by atoms with Crippen molar-refractivity contribution < 1.29 is 58.4 Å². The Morgan fingerprint density at radius 1 is 0.593 bits per heavy atom. The normalized spacial score (nSPS) is 12.4. The number of carbonyl (C=O) groups excluding carboxylic acids is 6. The molecular formula is C36H38N6O12. The number of hydrogen-bond donors (Lipinski definition) is 9. The highest BCUT2D eigenvalue weighted by Gasteiger charge is 2.30. The summed E-state index contributed by atoms with van der Waals surface area (Å²) in [6.07, 6.45) is -1.77. The molecule has 1 aliphatic rings. The van der Waals surface area contributed by atoms with Gasteiger partial charge in [-0.05, 0) is 39.9 Å². The Bertz CT molecular complexity index is 1860. The van der Waals surface area contributed by atoms with Crippen LogP contribution in [0.25, 0.3) is 11.1 Å². The number of aromatic hydroxyl groups is 1. The maximum atomic E-state index is 13.2. The number of ether oxygens (including phenoxy) is 1. The fraction of sp³-hybridized carbons (Fsp3) is 0.278. The van der Waals surface area contributed by atoms with Crippen LogP contribution in [0, 0.1) is 0 Å². The first kappa shape index (κ1) is 39.8. The zero-order valence-corrected chi connectivity index (χ0v) is 28.6. The molecule has 1 aliphatic carbocycles. The third kappa shape index (κ3) is 11.8. The quantitative estimate of drug-likeness (QED) is 0.0786. The highest BCUT2D eigenvalue weighted by atomic mass is 16.5. The van der Waals surface area contributed by atoms with Crippen molar-refractivity contribution in [1.29, 1.82) is 0 Å². The van der Waals surface area contributed by atoms with Crippen molar-refractivity contribution in [3.63, 3.8) is 0 Å². The molecule has 4 rings (SSSR count). The minimum atomic E-state index is -1.62. The second kappa shape index (κ2) is 19.0. The van der Waals surface area contributed by atoms with Crippen LogP contribution in [0.3, 0.4) is 0 Å². The van der Waals surface area contributed by atoms with Crippen LogP contribution in [0.2, 0.25) is 0 Å². The first-order valence-corrected chi connectivity index (χ1v) is 16.5. The van der Waals surface area contributed by atoms with Gasteiger partial charge in [0.25, 0.3) is 0 Å². The van der Waals surface area contributed by atoms with Crippen LogP contribution >= 0.6 is 0 Å². The molecule has 18 heteroatoms. The Morgan fingerprint density at radius 3 is 1.69 bits per heavy atom. The molecule has 0 aliphatic heterocycles. The molecule has 0 bridgehead atoms. The Hall–Kier alpha value is -6.98. The monoisotopic (exact) mass is 746 g/mol. The summed E-state index contributed by atoms with van der Waals surface area (Å²) in [6, 6.07) is 18.7. The Kier molecular flexibility index (Phi) is 14.0. The van der Waals surface area contributed by atoms with Crippen molar-refractivity contribution in [3.8, 4) is 16.9 Å². The molecule has 0 aromatic heterocycles. The lowest BCUT2D eigenvalue weighted by Crippen LogP contribution is -2.52. The summed E-state index contributed by atoms with van der Waals surface area (Å²) < 4.78 is 5.59. The molecule has 284 valence electrons. The molecule has 0 spiro atoms. The van der Waals surface area contributed by atoms with Gasteiger partial charge in [0, 0.05) is 12.3 Å². The highest BCUT2D eigenvalue weighted by Crippen LogP contribution is 2.44. The van der Waals surface area contributed by atoms with Crippen LogP contribution in [0.15, 0.2) is 72.8 Å². The predicted molar refractivity (Wildman–Crippen MR) is 188 cm³/mol. The molecule has 0 radical (unpaired) electrons.